The number of ketones is 1. The van der Waals surface area contributed by atoms with Crippen molar-refractivity contribution in [2.75, 3.05) is 0 Å². The third-order valence-corrected chi connectivity index (χ3v) is 3.99. The molecule has 1 heterocycles. The highest BCUT2D eigenvalue weighted by Crippen LogP contribution is 2.19. The van der Waals surface area contributed by atoms with Crippen LogP contribution < -0.4 is 0 Å². The van der Waals surface area contributed by atoms with Gasteiger partial charge < -0.3 is 0 Å². The van der Waals surface area contributed by atoms with E-state index < -0.39 is 0 Å². The topological polar surface area (TPSA) is 30.0 Å². The lowest BCUT2D eigenvalue weighted by molar-refractivity contribution is 0.104. The maximum Gasteiger partial charge on any atom is 0.185 e. The van der Waals surface area contributed by atoms with Gasteiger partial charge in [0.05, 0.1) is 0 Å². The Morgan fingerprint density at radius 1 is 0.913 bits per heavy atom. The van der Waals surface area contributed by atoms with E-state index in [-0.39, 0.29) is 5.78 Å². The average molecular weight is 364 g/mol. The summed E-state index contributed by atoms with van der Waals surface area (Å²) >= 11 is 3.36. The van der Waals surface area contributed by atoms with Gasteiger partial charge in [-0.2, -0.15) is 0 Å². The van der Waals surface area contributed by atoms with Gasteiger partial charge in [-0.15, -0.1) is 0 Å². The van der Waals surface area contributed by atoms with Crippen molar-refractivity contribution in [1.82, 2.24) is 4.98 Å². The van der Waals surface area contributed by atoms with Gasteiger partial charge in [-0.3, -0.25) is 9.78 Å². The number of hydrogen-bond acceptors (Lipinski definition) is 2. The molecule has 3 heteroatoms. The molecule has 0 N–H and O–H groups in total. The molecule has 112 valence electrons. The molecule has 0 saturated heterocycles. The molecule has 0 aliphatic rings. The summed E-state index contributed by atoms with van der Waals surface area (Å²) in [6.45, 7) is 0. The van der Waals surface area contributed by atoms with Crippen molar-refractivity contribution in [3.63, 3.8) is 0 Å². The van der Waals surface area contributed by atoms with Crippen molar-refractivity contribution in [2.24, 2.45) is 0 Å². The zero-order valence-corrected chi connectivity index (χ0v) is 13.9. The quantitative estimate of drug-likeness (QED) is 0.458. The molecular weight excluding hydrogens is 350 g/mol. The fraction of sp³-hybridized carbons (Fsp3) is 0. The SMILES string of the molecule is O=C(/C=C/c1ccc(-c2cccnc2)cc1)c1ccc(Br)cc1. The predicted octanol–water partition coefficient (Wildman–Crippen LogP) is 5.41. The van der Waals surface area contributed by atoms with Gasteiger partial charge in [0.25, 0.3) is 0 Å². The Kier molecular flexibility index (Phi) is 4.79. The smallest absolute Gasteiger partial charge is 0.185 e. The minimum absolute atomic E-state index is 0.00571. The molecule has 0 atom stereocenters. The molecule has 0 spiro atoms. The fourth-order valence-electron chi connectivity index (χ4n) is 2.20. The molecule has 1 aromatic heterocycles. The summed E-state index contributed by atoms with van der Waals surface area (Å²) in [4.78, 5) is 16.2. The van der Waals surface area contributed by atoms with Crippen LogP contribution in [0.3, 0.4) is 0 Å². The molecule has 0 aliphatic carbocycles. The first kappa shape index (κ1) is 15.4. The van der Waals surface area contributed by atoms with Crippen LogP contribution in [0.2, 0.25) is 0 Å². The van der Waals surface area contributed by atoms with Crippen molar-refractivity contribution < 1.29 is 4.79 Å². The molecule has 2 nitrogen and oxygen atoms in total. The number of carbonyl (C=O) groups is 1. The number of allylic oxidation sites excluding steroid dienone is 1. The van der Waals surface area contributed by atoms with E-state index in [2.05, 4.69) is 20.9 Å². The fourth-order valence-corrected chi connectivity index (χ4v) is 2.47. The first-order valence-corrected chi connectivity index (χ1v) is 8.00. The van der Waals surface area contributed by atoms with Crippen molar-refractivity contribution in [3.8, 4) is 11.1 Å². The predicted molar refractivity (Wildman–Crippen MR) is 97.2 cm³/mol. The van der Waals surface area contributed by atoms with Gasteiger partial charge in [-0.05, 0) is 53.1 Å². The molecule has 0 bridgehead atoms. The Labute approximate surface area is 143 Å². The zero-order chi connectivity index (χ0) is 16.1. The summed E-state index contributed by atoms with van der Waals surface area (Å²) in [7, 11) is 0. The van der Waals surface area contributed by atoms with E-state index in [0.717, 1.165) is 21.2 Å². The lowest BCUT2D eigenvalue weighted by atomic mass is 10.0. The van der Waals surface area contributed by atoms with E-state index in [1.54, 1.807) is 12.3 Å². The van der Waals surface area contributed by atoms with Crippen molar-refractivity contribution in [2.45, 2.75) is 0 Å². The van der Waals surface area contributed by atoms with Gasteiger partial charge in [-0.25, -0.2) is 0 Å². The number of aromatic nitrogens is 1. The van der Waals surface area contributed by atoms with Crippen LogP contribution in [0.1, 0.15) is 15.9 Å². The number of pyridine rings is 1. The van der Waals surface area contributed by atoms with Crippen LogP contribution in [0.4, 0.5) is 0 Å². The highest BCUT2D eigenvalue weighted by molar-refractivity contribution is 9.10. The Morgan fingerprint density at radius 2 is 1.65 bits per heavy atom. The van der Waals surface area contributed by atoms with Gasteiger partial charge in [-0.1, -0.05) is 52.3 Å². The monoisotopic (exact) mass is 363 g/mol. The first-order valence-electron chi connectivity index (χ1n) is 7.21. The highest BCUT2D eigenvalue weighted by Gasteiger charge is 2.01. The van der Waals surface area contributed by atoms with Crippen LogP contribution in [-0.2, 0) is 0 Å². The molecule has 0 aliphatic heterocycles. The van der Waals surface area contributed by atoms with Gasteiger partial charge in [0.2, 0.25) is 0 Å². The molecule has 0 fully saturated rings. The second-order valence-electron chi connectivity index (χ2n) is 5.07. The van der Waals surface area contributed by atoms with E-state index in [0.29, 0.717) is 5.56 Å². The summed E-state index contributed by atoms with van der Waals surface area (Å²) in [5.74, 6) is -0.00571. The minimum Gasteiger partial charge on any atom is -0.289 e. The maximum absolute atomic E-state index is 12.1. The summed E-state index contributed by atoms with van der Waals surface area (Å²) in [6.07, 6.45) is 7.02. The number of halogens is 1. The first-order chi connectivity index (χ1) is 11.2. The number of benzene rings is 2. The second-order valence-corrected chi connectivity index (χ2v) is 5.98. The van der Waals surface area contributed by atoms with Crippen molar-refractivity contribution >= 4 is 27.8 Å². The lowest BCUT2D eigenvalue weighted by Gasteiger charge is -2.01. The average Bonchev–Trinajstić information content (AvgIpc) is 2.61. The number of nitrogens with zero attached hydrogens (tertiary/aromatic N) is 1. The summed E-state index contributed by atoms with van der Waals surface area (Å²) in [5, 5.41) is 0. The molecule has 0 unspecified atom stereocenters. The highest BCUT2D eigenvalue weighted by atomic mass is 79.9. The van der Waals surface area contributed by atoms with Crippen LogP contribution in [0.25, 0.3) is 17.2 Å². The Bertz CT molecular complexity index is 822. The van der Waals surface area contributed by atoms with Gasteiger partial charge in [0.1, 0.15) is 0 Å². The second kappa shape index (κ2) is 7.16. The van der Waals surface area contributed by atoms with Gasteiger partial charge in [0.15, 0.2) is 5.78 Å². The van der Waals surface area contributed by atoms with Crippen LogP contribution in [0, 0.1) is 0 Å². The summed E-state index contributed by atoms with van der Waals surface area (Å²) in [6, 6.07) is 19.3. The van der Waals surface area contributed by atoms with E-state index in [4.69, 9.17) is 0 Å². The van der Waals surface area contributed by atoms with Gasteiger partial charge in [0, 0.05) is 22.4 Å². The molecule has 3 aromatic rings. The summed E-state index contributed by atoms with van der Waals surface area (Å²) < 4.78 is 0.962. The molecule has 2 aromatic carbocycles. The van der Waals surface area contributed by atoms with E-state index in [1.807, 2.05) is 72.9 Å². The Hall–Kier alpha value is -2.52. The molecule has 0 amide bonds. The van der Waals surface area contributed by atoms with Crippen LogP contribution >= 0.6 is 15.9 Å². The van der Waals surface area contributed by atoms with E-state index in [9.17, 15) is 4.79 Å². The van der Waals surface area contributed by atoms with Crippen LogP contribution in [0.5, 0.6) is 0 Å². The van der Waals surface area contributed by atoms with Crippen molar-refractivity contribution in [3.05, 3.63) is 94.7 Å². The number of hydrogen-bond donors (Lipinski definition) is 0. The molecule has 23 heavy (non-hydrogen) atoms. The standard InChI is InChI=1S/C20H14BrNO/c21-19-10-8-17(9-11-19)20(23)12-5-15-3-6-16(7-4-15)18-2-1-13-22-14-18/h1-14H/b12-5+. The molecule has 3 rings (SSSR count). The molecule has 0 saturated carbocycles. The number of rotatable bonds is 4. The third kappa shape index (κ3) is 4.02. The zero-order valence-electron chi connectivity index (χ0n) is 12.3. The Morgan fingerprint density at radius 3 is 2.30 bits per heavy atom. The molecule has 0 radical (unpaired) electrons. The third-order valence-electron chi connectivity index (χ3n) is 3.46. The lowest BCUT2D eigenvalue weighted by Crippen LogP contribution is -1.93. The largest absolute Gasteiger partial charge is 0.289 e. The van der Waals surface area contributed by atoms with Gasteiger partial charge >= 0.3 is 0 Å². The number of carbonyl (C=O) groups excluding carboxylic acids is 1. The molecular formula is C20H14BrNO. The van der Waals surface area contributed by atoms with Crippen LogP contribution in [0.15, 0.2) is 83.6 Å². The maximum atomic E-state index is 12.1. The minimum atomic E-state index is -0.00571. The van der Waals surface area contributed by atoms with Crippen LogP contribution in [-0.4, -0.2) is 10.8 Å². The van der Waals surface area contributed by atoms with E-state index >= 15 is 0 Å². The normalized spacial score (nSPS) is 10.8. The Balaban J connectivity index is 1.73. The van der Waals surface area contributed by atoms with E-state index in [1.165, 1.54) is 0 Å². The van der Waals surface area contributed by atoms with Crippen molar-refractivity contribution in [1.29, 1.82) is 0 Å². The summed E-state index contributed by atoms with van der Waals surface area (Å²) in [5.41, 5.74) is 3.85.